The number of hydrogen-bond donors (Lipinski definition) is 0. The van der Waals surface area contributed by atoms with Crippen molar-refractivity contribution in [3.63, 3.8) is 0 Å². The molecule has 3 heterocycles. The lowest BCUT2D eigenvalue weighted by Gasteiger charge is -2.14. The van der Waals surface area contributed by atoms with E-state index in [4.69, 9.17) is 9.97 Å². The second-order valence-corrected chi connectivity index (χ2v) is 16.6. The van der Waals surface area contributed by atoms with Crippen LogP contribution in [0.3, 0.4) is 0 Å². The molecule has 13 rings (SSSR count). The highest BCUT2D eigenvalue weighted by molar-refractivity contribution is 6.33. The Hall–Kier alpha value is -8.60. The predicted octanol–water partition coefficient (Wildman–Crippen LogP) is 15.6. The van der Waals surface area contributed by atoms with Gasteiger partial charge in [-0.05, 0) is 93.7 Å². The summed E-state index contributed by atoms with van der Waals surface area (Å²) in [7, 11) is 0. The van der Waals surface area contributed by atoms with Gasteiger partial charge in [-0.25, -0.2) is 9.97 Å². The third-order valence-corrected chi connectivity index (χ3v) is 12.9. The topological polar surface area (TPSA) is 35.6 Å². The molecule has 10 aromatic carbocycles. The Morgan fingerprint density at radius 1 is 0.281 bits per heavy atom. The average Bonchev–Trinajstić information content (AvgIpc) is 3.90. The molecule has 0 aliphatic carbocycles. The highest BCUT2D eigenvalue weighted by atomic mass is 15.0. The van der Waals surface area contributed by atoms with Gasteiger partial charge in [-0.15, -0.1) is 0 Å². The molecule has 0 bridgehead atoms. The van der Waals surface area contributed by atoms with E-state index in [1.165, 1.54) is 60.1 Å². The van der Waals surface area contributed by atoms with Crippen molar-refractivity contribution in [1.82, 2.24) is 19.1 Å². The number of rotatable bonds is 6. The predicted molar refractivity (Wildman–Crippen MR) is 267 cm³/mol. The lowest BCUT2D eigenvalue weighted by atomic mass is 9.98. The van der Waals surface area contributed by atoms with Crippen molar-refractivity contribution >= 4 is 65.3 Å². The second-order valence-electron chi connectivity index (χ2n) is 16.6. The van der Waals surface area contributed by atoms with Crippen LogP contribution in [-0.2, 0) is 0 Å². The fourth-order valence-corrected chi connectivity index (χ4v) is 10.0. The molecule has 0 fully saturated rings. The average molecular weight is 815 g/mol. The van der Waals surface area contributed by atoms with E-state index in [1.807, 2.05) is 12.1 Å². The second kappa shape index (κ2) is 14.5. The maximum Gasteiger partial charge on any atom is 0.160 e. The van der Waals surface area contributed by atoms with Gasteiger partial charge in [-0.2, -0.15) is 0 Å². The molecular weight excluding hydrogens is 777 g/mol. The summed E-state index contributed by atoms with van der Waals surface area (Å²) in [5.74, 6) is 0.698. The van der Waals surface area contributed by atoms with E-state index in [9.17, 15) is 0 Å². The normalized spacial score (nSPS) is 11.8. The van der Waals surface area contributed by atoms with Crippen molar-refractivity contribution in [1.29, 1.82) is 0 Å². The molecule has 0 aliphatic rings. The first-order valence-electron chi connectivity index (χ1n) is 21.8. The Balaban J connectivity index is 1.09. The molecule has 0 saturated heterocycles. The lowest BCUT2D eigenvalue weighted by Crippen LogP contribution is -1.98. The van der Waals surface area contributed by atoms with Crippen LogP contribution in [-0.4, -0.2) is 19.1 Å². The first-order valence-corrected chi connectivity index (χ1v) is 21.8. The molecule has 0 spiro atoms. The lowest BCUT2D eigenvalue weighted by molar-refractivity contribution is 1.17. The Morgan fingerprint density at radius 2 is 0.797 bits per heavy atom. The number of benzene rings is 10. The smallest absolute Gasteiger partial charge is 0.160 e. The highest BCUT2D eigenvalue weighted by Crippen LogP contribution is 2.45. The molecule has 0 radical (unpaired) electrons. The fourth-order valence-electron chi connectivity index (χ4n) is 10.0. The molecule has 4 heteroatoms. The molecule has 0 N–H and O–H groups in total. The monoisotopic (exact) mass is 814 g/mol. The van der Waals surface area contributed by atoms with Crippen LogP contribution in [0.4, 0.5) is 0 Å². The summed E-state index contributed by atoms with van der Waals surface area (Å²) in [6.07, 6.45) is 0. The van der Waals surface area contributed by atoms with Crippen LogP contribution in [0.1, 0.15) is 0 Å². The minimum Gasteiger partial charge on any atom is -0.309 e. The Morgan fingerprint density at radius 3 is 1.52 bits per heavy atom. The minimum absolute atomic E-state index is 0.698. The molecule has 0 saturated carbocycles. The molecule has 298 valence electrons. The standard InChI is InChI=1S/C60H38N4/c1-4-17-39(18-5-1)44-35-45(40-19-6-2-7-20-40)38-47(37-44)64-52-30-15-13-28-50(52)57-54(64)33-34-55-58(57)56-48-26-11-10-21-41(48)31-32-53(56)63(55)46-25-16-24-43(36-46)60-61-51-29-14-12-27-49(51)59(62-60)42-22-8-3-9-23-42/h1-38H. The van der Waals surface area contributed by atoms with E-state index in [0.717, 1.165) is 55.6 Å². The van der Waals surface area contributed by atoms with Gasteiger partial charge in [-0.1, -0.05) is 170 Å². The molecule has 64 heavy (non-hydrogen) atoms. The van der Waals surface area contributed by atoms with Gasteiger partial charge in [0, 0.05) is 49.4 Å². The van der Waals surface area contributed by atoms with Gasteiger partial charge in [0.25, 0.3) is 0 Å². The fraction of sp³-hybridized carbons (Fsp3) is 0. The molecule has 4 nitrogen and oxygen atoms in total. The number of para-hydroxylation sites is 2. The Labute approximate surface area is 369 Å². The van der Waals surface area contributed by atoms with Crippen molar-refractivity contribution in [2.75, 3.05) is 0 Å². The number of hydrogen-bond acceptors (Lipinski definition) is 2. The maximum absolute atomic E-state index is 5.26. The van der Waals surface area contributed by atoms with E-state index in [0.29, 0.717) is 5.82 Å². The zero-order chi connectivity index (χ0) is 42.1. The third-order valence-electron chi connectivity index (χ3n) is 12.9. The number of fused-ring (bicyclic) bond motifs is 10. The van der Waals surface area contributed by atoms with Crippen molar-refractivity contribution in [2.45, 2.75) is 0 Å². The van der Waals surface area contributed by atoms with Crippen LogP contribution >= 0.6 is 0 Å². The van der Waals surface area contributed by atoms with Crippen LogP contribution in [0.5, 0.6) is 0 Å². The summed E-state index contributed by atoms with van der Waals surface area (Å²) in [5, 5.41) is 8.41. The Bertz CT molecular complexity index is 3880. The molecule has 0 aliphatic heterocycles. The Kier molecular flexibility index (Phi) is 8.18. The zero-order valence-electron chi connectivity index (χ0n) is 34.7. The van der Waals surface area contributed by atoms with Crippen molar-refractivity contribution < 1.29 is 0 Å². The summed E-state index contributed by atoms with van der Waals surface area (Å²) in [4.78, 5) is 10.4. The van der Waals surface area contributed by atoms with Gasteiger partial charge in [0.15, 0.2) is 5.82 Å². The van der Waals surface area contributed by atoms with Crippen molar-refractivity contribution in [2.24, 2.45) is 0 Å². The molecular formula is C60H38N4. The van der Waals surface area contributed by atoms with Crippen LogP contribution in [0.15, 0.2) is 231 Å². The highest BCUT2D eigenvalue weighted by Gasteiger charge is 2.23. The summed E-state index contributed by atoms with van der Waals surface area (Å²) in [5.41, 5.74) is 15.4. The molecule has 0 amide bonds. The molecule has 0 unspecified atom stereocenters. The van der Waals surface area contributed by atoms with E-state index >= 15 is 0 Å². The van der Waals surface area contributed by atoms with Gasteiger partial charge in [0.2, 0.25) is 0 Å². The SMILES string of the molecule is c1ccc(-c2cc(-c3ccccc3)cc(-n3c4ccccc4c4c5c6c7ccccc7ccc6n(-c6cccc(-c7nc(-c8ccccc8)c8ccccc8n7)c6)c5ccc43)c2)cc1. The van der Waals surface area contributed by atoms with Gasteiger partial charge in [0.05, 0.1) is 33.3 Å². The van der Waals surface area contributed by atoms with E-state index in [1.54, 1.807) is 0 Å². The first-order chi connectivity index (χ1) is 31.7. The number of nitrogens with zero attached hydrogens (tertiary/aromatic N) is 4. The van der Waals surface area contributed by atoms with Crippen LogP contribution < -0.4 is 0 Å². The van der Waals surface area contributed by atoms with Crippen LogP contribution in [0, 0.1) is 0 Å². The summed E-state index contributed by atoms with van der Waals surface area (Å²) >= 11 is 0. The van der Waals surface area contributed by atoms with E-state index < -0.39 is 0 Å². The molecule has 13 aromatic rings. The molecule has 0 atom stereocenters. The van der Waals surface area contributed by atoms with Gasteiger partial charge < -0.3 is 9.13 Å². The minimum atomic E-state index is 0.698. The largest absolute Gasteiger partial charge is 0.309 e. The van der Waals surface area contributed by atoms with Crippen LogP contribution in [0.2, 0.25) is 0 Å². The summed E-state index contributed by atoms with van der Waals surface area (Å²) in [6.45, 7) is 0. The summed E-state index contributed by atoms with van der Waals surface area (Å²) in [6, 6.07) is 82.8. The van der Waals surface area contributed by atoms with Crippen molar-refractivity contribution in [3.8, 4) is 56.3 Å². The summed E-state index contributed by atoms with van der Waals surface area (Å²) < 4.78 is 4.91. The van der Waals surface area contributed by atoms with E-state index in [-0.39, 0.29) is 0 Å². The van der Waals surface area contributed by atoms with Crippen molar-refractivity contribution in [3.05, 3.63) is 231 Å². The van der Waals surface area contributed by atoms with Gasteiger partial charge in [0.1, 0.15) is 0 Å². The quantitative estimate of drug-likeness (QED) is 0.168. The van der Waals surface area contributed by atoms with Gasteiger partial charge >= 0.3 is 0 Å². The van der Waals surface area contributed by atoms with E-state index in [2.05, 4.69) is 228 Å². The third kappa shape index (κ3) is 5.70. The van der Waals surface area contributed by atoms with Crippen LogP contribution in [0.25, 0.3) is 122 Å². The number of aromatic nitrogens is 4. The zero-order valence-corrected chi connectivity index (χ0v) is 34.7. The maximum atomic E-state index is 5.26. The van der Waals surface area contributed by atoms with Gasteiger partial charge in [-0.3, -0.25) is 0 Å². The molecule has 3 aromatic heterocycles. The first kappa shape index (κ1) is 36.1.